The van der Waals surface area contributed by atoms with Crippen molar-refractivity contribution in [2.75, 3.05) is 0 Å². The Labute approximate surface area is 191 Å². The van der Waals surface area contributed by atoms with Crippen molar-refractivity contribution in [1.29, 1.82) is 0 Å². The summed E-state index contributed by atoms with van der Waals surface area (Å²) in [5.74, 6) is 5.57. The minimum Gasteiger partial charge on any atom is -0.377 e. The lowest BCUT2D eigenvalue weighted by Gasteiger charge is -2.39. The molecular weight excluding hydrogens is 417 g/mol. The second kappa shape index (κ2) is 7.72. The van der Waals surface area contributed by atoms with E-state index in [9.17, 15) is 14.3 Å². The Morgan fingerprint density at radius 2 is 2.00 bits per heavy atom. The summed E-state index contributed by atoms with van der Waals surface area (Å²) in [7, 11) is 0. The van der Waals surface area contributed by atoms with Gasteiger partial charge in [-0.15, -0.1) is 0 Å². The lowest BCUT2D eigenvalue weighted by atomic mass is 9.67. The summed E-state index contributed by atoms with van der Waals surface area (Å²) < 4.78 is 15.2. The van der Waals surface area contributed by atoms with E-state index in [1.807, 2.05) is 42.1 Å². The van der Waals surface area contributed by atoms with Crippen LogP contribution < -0.4 is 5.73 Å². The fraction of sp³-hybridized carbons (Fsp3) is 0.259. The maximum absolute atomic E-state index is 13.4. The molecule has 0 aliphatic heterocycles. The number of fused-ring (bicyclic) bond motifs is 2. The third kappa shape index (κ3) is 3.55. The molecule has 1 amide bonds. The molecule has 1 saturated carbocycles. The molecule has 1 aromatic heterocycles. The van der Waals surface area contributed by atoms with E-state index in [2.05, 4.69) is 23.0 Å². The summed E-state index contributed by atoms with van der Waals surface area (Å²) in [6.45, 7) is 2.05. The zero-order valence-electron chi connectivity index (χ0n) is 18.3. The number of hydrogen-bond acceptors (Lipinski definition) is 3. The first-order valence-electron chi connectivity index (χ1n) is 10.9. The predicted octanol–water partition coefficient (Wildman–Crippen LogP) is 3.56. The van der Waals surface area contributed by atoms with Crippen LogP contribution in [-0.4, -0.2) is 26.4 Å². The van der Waals surface area contributed by atoms with E-state index < -0.39 is 16.9 Å². The van der Waals surface area contributed by atoms with Gasteiger partial charge in [-0.1, -0.05) is 42.5 Å². The summed E-state index contributed by atoms with van der Waals surface area (Å²) >= 11 is 0. The summed E-state index contributed by atoms with van der Waals surface area (Å²) in [6, 6.07) is 13.6. The molecular formula is C27H24FN3O2. The SMILES string of the molecule is CC12Cc3cnn(-c4ccc(F)cc4)c3C=C1CC[C@@]2(O)C#Cc1ccccc1CC(N)=O. The van der Waals surface area contributed by atoms with Gasteiger partial charge in [-0.3, -0.25) is 4.79 Å². The number of amides is 1. The van der Waals surface area contributed by atoms with E-state index in [0.717, 1.165) is 34.5 Å². The topological polar surface area (TPSA) is 81.1 Å². The van der Waals surface area contributed by atoms with Crippen LogP contribution in [0.4, 0.5) is 4.39 Å². The molecule has 0 saturated heterocycles. The zero-order valence-corrected chi connectivity index (χ0v) is 18.3. The Bertz CT molecular complexity index is 1350. The second-order valence-electron chi connectivity index (χ2n) is 9.03. The van der Waals surface area contributed by atoms with Crippen molar-refractivity contribution in [2.24, 2.45) is 11.1 Å². The molecule has 0 bridgehead atoms. The molecule has 2 aromatic carbocycles. The summed E-state index contributed by atoms with van der Waals surface area (Å²) in [4.78, 5) is 11.4. The largest absolute Gasteiger partial charge is 0.377 e. The molecule has 0 spiro atoms. The lowest BCUT2D eigenvalue weighted by Crippen LogP contribution is -2.44. The van der Waals surface area contributed by atoms with Crippen LogP contribution in [0.25, 0.3) is 11.8 Å². The average Bonchev–Trinajstić information content (AvgIpc) is 3.30. The first-order chi connectivity index (χ1) is 15.8. The number of aromatic nitrogens is 2. The van der Waals surface area contributed by atoms with E-state index in [0.29, 0.717) is 18.4 Å². The lowest BCUT2D eigenvalue weighted by molar-refractivity contribution is -0.117. The van der Waals surface area contributed by atoms with Gasteiger partial charge in [0.25, 0.3) is 0 Å². The molecule has 1 fully saturated rings. The van der Waals surface area contributed by atoms with Gasteiger partial charge < -0.3 is 10.8 Å². The summed E-state index contributed by atoms with van der Waals surface area (Å²) in [5, 5.41) is 16.2. The van der Waals surface area contributed by atoms with Gasteiger partial charge in [0.15, 0.2) is 0 Å². The fourth-order valence-electron chi connectivity index (χ4n) is 5.00. The third-order valence-electron chi connectivity index (χ3n) is 6.98. The van der Waals surface area contributed by atoms with Crippen LogP contribution in [0.5, 0.6) is 0 Å². The maximum atomic E-state index is 13.4. The van der Waals surface area contributed by atoms with E-state index >= 15 is 0 Å². The Morgan fingerprint density at radius 3 is 2.76 bits per heavy atom. The number of aliphatic hydroxyl groups is 1. The van der Waals surface area contributed by atoms with Crippen molar-refractivity contribution in [3.8, 4) is 17.5 Å². The van der Waals surface area contributed by atoms with E-state index in [-0.39, 0.29) is 12.2 Å². The number of primary amides is 1. The summed E-state index contributed by atoms with van der Waals surface area (Å²) in [6.07, 6.45) is 5.86. The Hall–Kier alpha value is -3.69. The van der Waals surface area contributed by atoms with Gasteiger partial charge >= 0.3 is 0 Å². The van der Waals surface area contributed by atoms with Crippen molar-refractivity contribution in [2.45, 2.75) is 38.2 Å². The molecule has 3 N–H and O–H groups in total. The molecule has 2 atom stereocenters. The highest BCUT2D eigenvalue weighted by atomic mass is 19.1. The molecule has 2 aliphatic carbocycles. The van der Waals surface area contributed by atoms with Gasteiger partial charge in [0.1, 0.15) is 11.4 Å². The highest BCUT2D eigenvalue weighted by Gasteiger charge is 2.54. The highest BCUT2D eigenvalue weighted by molar-refractivity contribution is 5.77. The van der Waals surface area contributed by atoms with Gasteiger partial charge in [0, 0.05) is 11.0 Å². The number of halogens is 1. The van der Waals surface area contributed by atoms with Crippen LogP contribution >= 0.6 is 0 Å². The molecule has 2 aliphatic rings. The monoisotopic (exact) mass is 441 g/mol. The predicted molar refractivity (Wildman–Crippen MR) is 124 cm³/mol. The molecule has 5 rings (SSSR count). The van der Waals surface area contributed by atoms with Crippen LogP contribution in [0, 0.1) is 23.1 Å². The highest BCUT2D eigenvalue weighted by Crippen LogP contribution is 2.55. The van der Waals surface area contributed by atoms with Gasteiger partial charge in [-0.05, 0) is 66.8 Å². The number of hydrogen-bond donors (Lipinski definition) is 2. The number of rotatable bonds is 3. The number of nitrogens with two attached hydrogens (primary N) is 1. The molecule has 33 heavy (non-hydrogen) atoms. The van der Waals surface area contributed by atoms with Crippen LogP contribution in [-0.2, 0) is 17.6 Å². The Balaban J connectivity index is 1.50. The summed E-state index contributed by atoms with van der Waals surface area (Å²) in [5.41, 5.74) is 8.95. The molecule has 6 heteroatoms. The minimum absolute atomic E-state index is 0.109. The van der Waals surface area contributed by atoms with Gasteiger partial charge in [0.05, 0.1) is 24.0 Å². The van der Waals surface area contributed by atoms with Crippen LogP contribution in [0.2, 0.25) is 0 Å². The van der Waals surface area contributed by atoms with Crippen LogP contribution in [0.1, 0.15) is 42.1 Å². The molecule has 3 aromatic rings. The number of carbonyl (C=O) groups excluding carboxylic acids is 1. The Kier molecular flexibility index (Phi) is 4.95. The van der Waals surface area contributed by atoms with Gasteiger partial charge in [0.2, 0.25) is 5.91 Å². The van der Waals surface area contributed by atoms with E-state index in [4.69, 9.17) is 5.73 Å². The maximum Gasteiger partial charge on any atom is 0.221 e. The average molecular weight is 442 g/mol. The van der Waals surface area contributed by atoms with Crippen molar-refractivity contribution in [3.05, 3.63) is 88.5 Å². The first-order valence-corrected chi connectivity index (χ1v) is 10.9. The van der Waals surface area contributed by atoms with E-state index in [1.165, 1.54) is 12.1 Å². The van der Waals surface area contributed by atoms with Crippen molar-refractivity contribution < 1.29 is 14.3 Å². The van der Waals surface area contributed by atoms with Crippen molar-refractivity contribution in [1.82, 2.24) is 9.78 Å². The fourth-order valence-corrected chi connectivity index (χ4v) is 5.00. The van der Waals surface area contributed by atoms with Gasteiger partial charge in [-0.2, -0.15) is 5.10 Å². The molecule has 166 valence electrons. The second-order valence-corrected chi connectivity index (χ2v) is 9.03. The number of carbonyl (C=O) groups is 1. The number of benzene rings is 2. The van der Waals surface area contributed by atoms with E-state index in [1.54, 1.807) is 12.1 Å². The first kappa shape index (κ1) is 21.2. The molecule has 1 heterocycles. The van der Waals surface area contributed by atoms with Crippen molar-refractivity contribution >= 4 is 12.0 Å². The third-order valence-corrected chi connectivity index (χ3v) is 6.98. The van der Waals surface area contributed by atoms with Crippen LogP contribution in [0.3, 0.4) is 0 Å². The quantitative estimate of drug-likeness (QED) is 0.610. The molecule has 0 radical (unpaired) electrons. The Morgan fingerprint density at radius 1 is 1.24 bits per heavy atom. The molecule has 5 nitrogen and oxygen atoms in total. The zero-order chi connectivity index (χ0) is 23.2. The minimum atomic E-state index is -1.21. The smallest absolute Gasteiger partial charge is 0.221 e. The number of nitrogens with zero attached hydrogens (tertiary/aromatic N) is 2. The molecule has 1 unspecified atom stereocenters. The normalized spacial score (nSPS) is 23.2. The van der Waals surface area contributed by atoms with Gasteiger partial charge in [-0.25, -0.2) is 9.07 Å². The van der Waals surface area contributed by atoms with Crippen LogP contribution in [0.15, 0.2) is 60.3 Å². The standard InChI is InChI=1S/C27H24FN3O2/c1-26-16-20-17-30-31(23-8-6-22(28)7-9-23)24(20)15-21(26)11-13-27(26,33)12-10-18-4-2-3-5-19(18)14-25(29)32/h2-9,15,17,33H,11,13-14,16H2,1H3,(H2,29,32)/t26?,27-/m0/s1. The van der Waals surface area contributed by atoms with Crippen molar-refractivity contribution in [3.63, 3.8) is 0 Å².